The van der Waals surface area contributed by atoms with Crippen molar-refractivity contribution in [2.24, 2.45) is 0 Å². The molecule has 1 aliphatic rings. The van der Waals surface area contributed by atoms with Crippen LogP contribution in [0.25, 0.3) is 5.69 Å². The van der Waals surface area contributed by atoms with Crippen LogP contribution in [0.15, 0.2) is 60.9 Å². The zero-order valence-corrected chi connectivity index (χ0v) is 18.4. The topological polar surface area (TPSA) is 90.7 Å². The first kappa shape index (κ1) is 21.9. The van der Waals surface area contributed by atoms with Crippen LogP contribution in [0.5, 0.6) is 0 Å². The van der Waals surface area contributed by atoms with E-state index in [0.29, 0.717) is 23.7 Å². The van der Waals surface area contributed by atoms with E-state index in [0.717, 1.165) is 16.9 Å². The number of nitrogens with one attached hydrogen (secondary N) is 1. The summed E-state index contributed by atoms with van der Waals surface area (Å²) in [4.78, 5) is 29.6. The van der Waals surface area contributed by atoms with Gasteiger partial charge < -0.3 is 20.2 Å². The molecule has 166 valence electrons. The third kappa shape index (κ3) is 4.32. The molecule has 3 aromatic rings. The molecule has 0 bridgehead atoms. The van der Waals surface area contributed by atoms with Crippen LogP contribution in [0, 0.1) is 0 Å². The molecule has 4 rings (SSSR count). The minimum absolute atomic E-state index is 0.137. The molecular formula is C23H24ClN5O3. The van der Waals surface area contributed by atoms with Gasteiger partial charge in [-0.1, -0.05) is 29.8 Å². The van der Waals surface area contributed by atoms with Crippen LogP contribution in [-0.4, -0.2) is 57.5 Å². The number of fused-ring (bicyclic) bond motifs is 1. The number of aromatic nitrogens is 2. The lowest BCUT2D eigenvalue weighted by molar-refractivity contribution is 0.0980. The van der Waals surface area contributed by atoms with Crippen LogP contribution < -0.4 is 10.2 Å². The summed E-state index contributed by atoms with van der Waals surface area (Å²) in [5.41, 5.74) is 2.73. The van der Waals surface area contributed by atoms with Gasteiger partial charge in [-0.05, 0) is 42.8 Å². The normalized spacial score (nSPS) is 15.8. The van der Waals surface area contributed by atoms with Crippen molar-refractivity contribution in [1.82, 2.24) is 20.0 Å². The summed E-state index contributed by atoms with van der Waals surface area (Å²) in [5.74, 6) is -0.237. The monoisotopic (exact) mass is 453 g/mol. The number of urea groups is 1. The van der Waals surface area contributed by atoms with Crippen LogP contribution in [0.3, 0.4) is 0 Å². The fourth-order valence-electron chi connectivity index (χ4n) is 3.82. The van der Waals surface area contributed by atoms with Crippen molar-refractivity contribution in [2.75, 3.05) is 24.6 Å². The van der Waals surface area contributed by atoms with Gasteiger partial charge in [0, 0.05) is 43.8 Å². The number of para-hydroxylation sites is 1. The van der Waals surface area contributed by atoms with Crippen LogP contribution in [0.2, 0.25) is 5.02 Å². The Kier molecular flexibility index (Phi) is 6.43. The largest absolute Gasteiger partial charge is 0.395 e. The molecule has 3 amide bonds. The Balaban J connectivity index is 1.66. The molecule has 2 heterocycles. The van der Waals surface area contributed by atoms with Gasteiger partial charge in [0.05, 0.1) is 22.9 Å². The fraction of sp³-hybridized carbons (Fsp3) is 0.261. The maximum atomic E-state index is 13.6. The molecule has 0 fully saturated rings. The number of aliphatic hydroxyl groups excluding tert-OH is 1. The molecule has 0 radical (unpaired) electrons. The highest BCUT2D eigenvalue weighted by Crippen LogP contribution is 2.30. The van der Waals surface area contributed by atoms with Crippen molar-refractivity contribution in [2.45, 2.75) is 19.5 Å². The second-order valence-corrected chi connectivity index (χ2v) is 8.00. The summed E-state index contributed by atoms with van der Waals surface area (Å²) in [6.45, 7) is 2.59. The molecule has 2 aromatic carbocycles. The van der Waals surface area contributed by atoms with E-state index in [2.05, 4.69) is 10.4 Å². The molecule has 9 heteroatoms. The standard InChI is InChI=1S/C23H24ClN5O3/c1-16-14-28(21-6-3-2-5-17(21)15-27(16)23(32)25-10-12-30)22(31)19-8-7-18(13-20(19)24)29-11-4-9-26-29/h2-9,11,13,16,30H,10,12,14-15H2,1H3,(H,25,32). The Morgan fingerprint density at radius 2 is 2.03 bits per heavy atom. The highest BCUT2D eigenvalue weighted by atomic mass is 35.5. The van der Waals surface area contributed by atoms with E-state index in [9.17, 15) is 9.59 Å². The molecule has 1 unspecified atom stereocenters. The zero-order valence-electron chi connectivity index (χ0n) is 17.6. The first-order valence-electron chi connectivity index (χ1n) is 10.3. The molecular weight excluding hydrogens is 430 g/mol. The molecule has 0 spiro atoms. The SMILES string of the molecule is CC1CN(C(=O)c2ccc(-n3cccn3)cc2Cl)c2ccccc2CN1C(=O)NCCO. The number of halogens is 1. The first-order valence-corrected chi connectivity index (χ1v) is 10.7. The summed E-state index contributed by atoms with van der Waals surface area (Å²) in [7, 11) is 0. The number of benzene rings is 2. The molecule has 1 aromatic heterocycles. The lowest BCUT2D eigenvalue weighted by atomic mass is 10.1. The molecule has 32 heavy (non-hydrogen) atoms. The number of rotatable bonds is 4. The fourth-order valence-corrected chi connectivity index (χ4v) is 4.08. The van der Waals surface area contributed by atoms with Gasteiger partial charge >= 0.3 is 6.03 Å². The molecule has 0 saturated carbocycles. The van der Waals surface area contributed by atoms with Gasteiger partial charge in [-0.25, -0.2) is 9.48 Å². The van der Waals surface area contributed by atoms with E-state index in [4.69, 9.17) is 16.7 Å². The van der Waals surface area contributed by atoms with E-state index in [1.165, 1.54) is 0 Å². The smallest absolute Gasteiger partial charge is 0.318 e. The molecule has 1 atom stereocenters. The number of carbonyl (C=O) groups is 2. The van der Waals surface area contributed by atoms with E-state index in [1.807, 2.05) is 37.3 Å². The molecule has 1 aliphatic heterocycles. The summed E-state index contributed by atoms with van der Waals surface area (Å²) < 4.78 is 1.67. The number of nitrogens with zero attached hydrogens (tertiary/aromatic N) is 4. The van der Waals surface area contributed by atoms with Gasteiger partial charge in [-0.2, -0.15) is 5.10 Å². The lowest BCUT2D eigenvalue weighted by Crippen LogP contribution is -2.48. The number of hydrogen-bond donors (Lipinski definition) is 2. The second-order valence-electron chi connectivity index (χ2n) is 7.59. The summed E-state index contributed by atoms with van der Waals surface area (Å²) in [6, 6.07) is 14.0. The summed E-state index contributed by atoms with van der Waals surface area (Å²) in [5, 5.41) is 16.3. The van der Waals surface area contributed by atoms with Gasteiger partial charge in [-0.15, -0.1) is 0 Å². The average Bonchev–Trinajstić information content (AvgIpc) is 3.29. The zero-order chi connectivity index (χ0) is 22.7. The molecule has 0 aliphatic carbocycles. The highest BCUT2D eigenvalue weighted by Gasteiger charge is 2.32. The number of hydrogen-bond acceptors (Lipinski definition) is 4. The van der Waals surface area contributed by atoms with Gasteiger partial charge in [0.2, 0.25) is 0 Å². The van der Waals surface area contributed by atoms with Gasteiger partial charge in [-0.3, -0.25) is 4.79 Å². The van der Waals surface area contributed by atoms with Crippen LogP contribution in [0.4, 0.5) is 10.5 Å². The first-order chi connectivity index (χ1) is 15.5. The van der Waals surface area contributed by atoms with Crippen molar-refractivity contribution in [1.29, 1.82) is 0 Å². The number of carbonyl (C=O) groups excluding carboxylic acids is 2. The molecule has 2 N–H and O–H groups in total. The Labute approximate surface area is 191 Å². The van der Waals surface area contributed by atoms with Gasteiger partial charge in [0.1, 0.15) is 0 Å². The van der Waals surface area contributed by atoms with E-state index < -0.39 is 0 Å². The minimum atomic E-state index is -0.280. The van der Waals surface area contributed by atoms with Crippen molar-refractivity contribution in [3.63, 3.8) is 0 Å². The Morgan fingerprint density at radius 3 is 2.75 bits per heavy atom. The molecule has 8 nitrogen and oxygen atoms in total. The Bertz CT molecular complexity index is 1120. The lowest BCUT2D eigenvalue weighted by Gasteiger charge is -2.29. The second kappa shape index (κ2) is 9.42. The third-order valence-corrected chi connectivity index (χ3v) is 5.76. The van der Waals surface area contributed by atoms with Crippen LogP contribution in [-0.2, 0) is 6.54 Å². The predicted molar refractivity (Wildman–Crippen MR) is 122 cm³/mol. The van der Waals surface area contributed by atoms with Crippen LogP contribution in [0.1, 0.15) is 22.8 Å². The maximum absolute atomic E-state index is 13.6. The Hall–Kier alpha value is -3.36. The van der Waals surface area contributed by atoms with E-state index >= 15 is 0 Å². The van der Waals surface area contributed by atoms with Crippen molar-refractivity contribution in [3.8, 4) is 5.69 Å². The van der Waals surface area contributed by atoms with E-state index in [-0.39, 0.29) is 31.1 Å². The van der Waals surface area contributed by atoms with Gasteiger partial charge in [0.25, 0.3) is 5.91 Å². The van der Waals surface area contributed by atoms with Crippen molar-refractivity contribution in [3.05, 3.63) is 77.1 Å². The maximum Gasteiger partial charge on any atom is 0.318 e. The summed E-state index contributed by atoms with van der Waals surface area (Å²) >= 11 is 6.51. The predicted octanol–water partition coefficient (Wildman–Crippen LogP) is 3.08. The van der Waals surface area contributed by atoms with Crippen molar-refractivity contribution < 1.29 is 14.7 Å². The third-order valence-electron chi connectivity index (χ3n) is 5.45. The average molecular weight is 454 g/mol. The highest BCUT2D eigenvalue weighted by molar-refractivity contribution is 6.34. The van der Waals surface area contributed by atoms with Crippen LogP contribution >= 0.6 is 11.6 Å². The van der Waals surface area contributed by atoms with Gasteiger partial charge in [0.15, 0.2) is 0 Å². The van der Waals surface area contributed by atoms with E-state index in [1.54, 1.807) is 45.1 Å². The number of anilines is 1. The number of aliphatic hydroxyl groups is 1. The molecule has 0 saturated heterocycles. The minimum Gasteiger partial charge on any atom is -0.395 e. The summed E-state index contributed by atoms with van der Waals surface area (Å²) in [6.07, 6.45) is 3.47. The quantitative estimate of drug-likeness (QED) is 0.635. The van der Waals surface area contributed by atoms with Crippen molar-refractivity contribution >= 4 is 29.2 Å². The Morgan fingerprint density at radius 1 is 1.22 bits per heavy atom. The number of amides is 3.